The molecule has 0 saturated heterocycles. The van der Waals surface area contributed by atoms with Crippen LogP contribution < -0.4 is 20.3 Å². The number of rotatable bonds is 9. The van der Waals surface area contributed by atoms with Gasteiger partial charge in [0.05, 0.1) is 23.7 Å². The summed E-state index contributed by atoms with van der Waals surface area (Å²) in [6, 6.07) is 16.1. The molecule has 1 heterocycles. The van der Waals surface area contributed by atoms with Gasteiger partial charge in [-0.2, -0.15) is 9.78 Å². The van der Waals surface area contributed by atoms with E-state index in [1.54, 1.807) is 30.3 Å². The fraction of sp³-hybridized carbons (Fsp3) is 0.214. The van der Waals surface area contributed by atoms with Gasteiger partial charge < -0.3 is 14.8 Å². The summed E-state index contributed by atoms with van der Waals surface area (Å²) >= 11 is 13.6. The van der Waals surface area contributed by atoms with E-state index >= 15 is 0 Å². The van der Waals surface area contributed by atoms with Gasteiger partial charge in [-0.05, 0) is 59.3 Å². The molecule has 0 spiro atoms. The summed E-state index contributed by atoms with van der Waals surface area (Å²) in [5.74, 6) is 0.645. The zero-order chi connectivity index (χ0) is 28.1. The molecule has 0 fully saturated rings. The molecule has 11 heteroatoms. The van der Waals surface area contributed by atoms with E-state index in [9.17, 15) is 9.59 Å². The average Bonchev–Trinajstić information content (AvgIpc) is 2.91. The Balaban J connectivity index is 1.67. The molecule has 0 aliphatic rings. The molecule has 4 aromatic rings. The van der Waals surface area contributed by atoms with Gasteiger partial charge in [0.2, 0.25) is 0 Å². The van der Waals surface area contributed by atoms with Crippen LogP contribution in [-0.4, -0.2) is 35.0 Å². The maximum absolute atomic E-state index is 13.4. The molecule has 39 heavy (non-hydrogen) atoms. The van der Waals surface area contributed by atoms with E-state index in [2.05, 4.69) is 47.3 Å². The lowest BCUT2D eigenvalue weighted by Crippen LogP contribution is -2.23. The highest BCUT2D eigenvalue weighted by atomic mass is 79.9. The molecule has 1 amide bonds. The Kier molecular flexibility index (Phi) is 9.42. The molecule has 0 bridgehead atoms. The van der Waals surface area contributed by atoms with Crippen molar-refractivity contribution >= 4 is 72.2 Å². The van der Waals surface area contributed by atoms with Crippen molar-refractivity contribution in [1.29, 1.82) is 0 Å². The number of benzene rings is 3. The fourth-order valence-electron chi connectivity index (χ4n) is 3.72. The number of aromatic nitrogens is 2. The summed E-state index contributed by atoms with van der Waals surface area (Å²) in [5, 5.41) is 7.89. The van der Waals surface area contributed by atoms with E-state index in [1.165, 1.54) is 10.9 Å². The SMILES string of the molecule is CCOc1cc(C=Nn2c(C(C)C)nc3ccc(Br)cc3c2=O)c(Br)c(Cl)c1OCC(=O)Nc1ccccc1. The number of carbonyl (C=O) groups is 1. The van der Waals surface area contributed by atoms with Crippen LogP contribution in [0.25, 0.3) is 10.9 Å². The van der Waals surface area contributed by atoms with Gasteiger partial charge in [0.1, 0.15) is 10.8 Å². The standard InChI is InChI=1S/C28H25Br2ClN4O4/c1-4-38-22-12-17(24(30)25(31)26(22)39-15-23(36)33-19-8-6-5-7-9-19)14-32-35-27(16(2)3)34-21-11-10-18(29)13-20(21)28(35)37/h5-14,16H,4,15H2,1-3H3,(H,33,36). The van der Waals surface area contributed by atoms with Crippen LogP contribution in [0, 0.1) is 0 Å². The first-order chi connectivity index (χ1) is 18.7. The maximum Gasteiger partial charge on any atom is 0.282 e. The summed E-state index contributed by atoms with van der Waals surface area (Å²) in [5.41, 5.74) is 1.50. The molecule has 0 saturated carbocycles. The molecular formula is C28H25Br2ClN4O4. The zero-order valence-corrected chi connectivity index (χ0v) is 25.3. The Hall–Kier alpha value is -3.21. The van der Waals surface area contributed by atoms with Crippen molar-refractivity contribution in [1.82, 2.24) is 9.66 Å². The van der Waals surface area contributed by atoms with Crippen LogP contribution in [0.4, 0.5) is 5.69 Å². The van der Waals surface area contributed by atoms with Crippen LogP contribution in [0.2, 0.25) is 5.02 Å². The molecule has 8 nitrogen and oxygen atoms in total. The number of nitrogens with zero attached hydrogens (tertiary/aromatic N) is 3. The largest absolute Gasteiger partial charge is 0.490 e. The van der Waals surface area contributed by atoms with E-state index in [-0.39, 0.29) is 34.8 Å². The second kappa shape index (κ2) is 12.8. The van der Waals surface area contributed by atoms with Crippen LogP contribution in [0.3, 0.4) is 0 Å². The number of amides is 1. The Bertz CT molecular complexity index is 1610. The van der Waals surface area contributed by atoms with Gasteiger partial charge in [0.15, 0.2) is 18.1 Å². The van der Waals surface area contributed by atoms with E-state index in [0.717, 1.165) is 4.47 Å². The minimum atomic E-state index is -0.350. The summed E-state index contributed by atoms with van der Waals surface area (Å²) < 4.78 is 14.1. The number of hydrogen-bond donors (Lipinski definition) is 1. The highest BCUT2D eigenvalue weighted by Gasteiger charge is 2.19. The summed E-state index contributed by atoms with van der Waals surface area (Å²) in [6.45, 7) is 5.77. The van der Waals surface area contributed by atoms with Crippen LogP contribution in [0.5, 0.6) is 11.5 Å². The first-order valence-corrected chi connectivity index (χ1v) is 14.0. The van der Waals surface area contributed by atoms with Crippen molar-refractivity contribution in [2.24, 2.45) is 5.10 Å². The molecule has 0 aliphatic carbocycles. The summed E-state index contributed by atoms with van der Waals surface area (Å²) in [4.78, 5) is 30.4. The predicted octanol–water partition coefficient (Wildman–Crippen LogP) is 7.00. The normalized spacial score (nSPS) is 11.4. The lowest BCUT2D eigenvalue weighted by Gasteiger charge is -2.16. The number of nitrogens with one attached hydrogen (secondary N) is 1. The molecule has 4 rings (SSSR count). The fourth-order valence-corrected chi connectivity index (χ4v) is 4.74. The van der Waals surface area contributed by atoms with Gasteiger partial charge in [-0.1, -0.05) is 59.6 Å². The topological polar surface area (TPSA) is 94.8 Å². The number of anilines is 1. The second-order valence-electron chi connectivity index (χ2n) is 8.70. The Morgan fingerprint density at radius 3 is 2.59 bits per heavy atom. The molecule has 202 valence electrons. The Morgan fingerprint density at radius 1 is 1.15 bits per heavy atom. The first-order valence-electron chi connectivity index (χ1n) is 12.1. The minimum Gasteiger partial charge on any atom is -0.490 e. The average molecular weight is 677 g/mol. The van der Waals surface area contributed by atoms with Crippen LogP contribution in [0.1, 0.15) is 38.1 Å². The highest BCUT2D eigenvalue weighted by molar-refractivity contribution is 9.10. The molecule has 0 radical (unpaired) electrons. The van der Waals surface area contributed by atoms with Crippen LogP contribution >= 0.6 is 43.5 Å². The van der Waals surface area contributed by atoms with Gasteiger partial charge >= 0.3 is 0 Å². The number of hydrogen-bond acceptors (Lipinski definition) is 6. The van der Waals surface area contributed by atoms with E-state index in [0.29, 0.717) is 44.8 Å². The summed E-state index contributed by atoms with van der Waals surface area (Å²) in [6.07, 6.45) is 1.50. The molecular weight excluding hydrogens is 652 g/mol. The third kappa shape index (κ3) is 6.69. The number of fused-ring (bicyclic) bond motifs is 1. The number of ether oxygens (including phenoxy) is 2. The van der Waals surface area contributed by atoms with E-state index in [1.807, 2.05) is 45.0 Å². The van der Waals surface area contributed by atoms with Crippen molar-refractivity contribution in [2.45, 2.75) is 26.7 Å². The minimum absolute atomic E-state index is 0.0632. The third-order valence-corrected chi connectivity index (χ3v) is 7.46. The predicted molar refractivity (Wildman–Crippen MR) is 162 cm³/mol. The molecule has 1 aromatic heterocycles. The third-order valence-electron chi connectivity index (χ3n) is 5.52. The van der Waals surface area contributed by atoms with Crippen molar-refractivity contribution in [3.8, 4) is 11.5 Å². The smallest absolute Gasteiger partial charge is 0.282 e. The maximum atomic E-state index is 13.4. The zero-order valence-electron chi connectivity index (χ0n) is 21.4. The van der Waals surface area contributed by atoms with Crippen LogP contribution in [0.15, 0.2) is 73.4 Å². The highest BCUT2D eigenvalue weighted by Crippen LogP contribution is 2.42. The lowest BCUT2D eigenvalue weighted by atomic mass is 10.2. The van der Waals surface area contributed by atoms with Crippen molar-refractivity contribution in [3.63, 3.8) is 0 Å². The molecule has 0 aliphatic heterocycles. The van der Waals surface area contributed by atoms with Gasteiger partial charge in [0.25, 0.3) is 11.5 Å². The number of halogens is 3. The van der Waals surface area contributed by atoms with Crippen LogP contribution in [-0.2, 0) is 4.79 Å². The van der Waals surface area contributed by atoms with Crippen molar-refractivity contribution < 1.29 is 14.3 Å². The molecule has 3 aromatic carbocycles. The van der Waals surface area contributed by atoms with Gasteiger partial charge in [-0.15, -0.1) is 0 Å². The lowest BCUT2D eigenvalue weighted by molar-refractivity contribution is -0.118. The van der Waals surface area contributed by atoms with Gasteiger partial charge in [-0.25, -0.2) is 4.98 Å². The molecule has 0 unspecified atom stereocenters. The number of carbonyl (C=O) groups excluding carboxylic acids is 1. The molecule has 0 atom stereocenters. The van der Waals surface area contributed by atoms with E-state index < -0.39 is 0 Å². The monoisotopic (exact) mass is 674 g/mol. The van der Waals surface area contributed by atoms with Gasteiger partial charge in [-0.3, -0.25) is 9.59 Å². The Labute approximate surface area is 247 Å². The quantitative estimate of drug-likeness (QED) is 0.193. The van der Waals surface area contributed by atoms with Gasteiger partial charge in [0, 0.05) is 26.1 Å². The molecule has 1 N–H and O–H groups in total. The summed E-state index contributed by atoms with van der Waals surface area (Å²) in [7, 11) is 0. The van der Waals surface area contributed by atoms with E-state index in [4.69, 9.17) is 21.1 Å². The Morgan fingerprint density at radius 2 is 1.90 bits per heavy atom. The van der Waals surface area contributed by atoms with Crippen molar-refractivity contribution in [2.75, 3.05) is 18.5 Å². The second-order valence-corrected chi connectivity index (χ2v) is 10.8. The first kappa shape index (κ1) is 28.8. The number of para-hydroxylation sites is 1. The van der Waals surface area contributed by atoms with Crippen molar-refractivity contribution in [3.05, 3.63) is 90.3 Å².